The molecule has 0 aliphatic rings. The van der Waals surface area contributed by atoms with Crippen LogP contribution in [0.25, 0.3) is 0 Å². The zero-order chi connectivity index (χ0) is 17.6. The van der Waals surface area contributed by atoms with E-state index in [1.54, 1.807) is 4.98 Å². The second kappa shape index (κ2) is 8.71. The van der Waals surface area contributed by atoms with Crippen LogP contribution in [0.2, 0.25) is 0 Å². The zero-order valence-corrected chi connectivity index (χ0v) is 15.2. The average molecular weight is 388 g/mol. The van der Waals surface area contributed by atoms with Crippen molar-refractivity contribution in [2.24, 2.45) is 0 Å². The largest absolute Gasteiger partial charge is 0.345 e. The lowest BCUT2D eigenvalue weighted by molar-refractivity contribution is 0.397. The molecule has 0 spiro atoms. The van der Waals surface area contributed by atoms with E-state index in [0.29, 0.717) is 0 Å². The van der Waals surface area contributed by atoms with Crippen molar-refractivity contribution in [1.29, 1.82) is 0 Å². The Kier molecular flexibility index (Phi) is 7.58. The molecule has 0 fully saturated rings. The standard InChI is InChI=1S/C10H16FN2O7P3/c1-21(16)19-23(18,20-22(2)17)6-4-3-5-13-7-8(11)9(14)12-10(13)15/h3-4,7,21-22H,5-6H2,1-2H3,(H,12,14,15)/b4-3+. The van der Waals surface area contributed by atoms with Gasteiger partial charge in [0.05, 0.1) is 12.4 Å². The van der Waals surface area contributed by atoms with Gasteiger partial charge in [-0.3, -0.25) is 36.7 Å². The van der Waals surface area contributed by atoms with Crippen molar-refractivity contribution in [2.75, 3.05) is 19.5 Å². The Hall–Kier alpha value is -1.04. The lowest BCUT2D eigenvalue weighted by atomic mass is 10.5. The van der Waals surface area contributed by atoms with Gasteiger partial charge >= 0.3 is 13.3 Å². The molecule has 9 nitrogen and oxygen atoms in total. The predicted molar refractivity (Wildman–Crippen MR) is 84.9 cm³/mol. The van der Waals surface area contributed by atoms with E-state index in [0.717, 1.165) is 10.8 Å². The third-order valence-electron chi connectivity index (χ3n) is 2.30. The van der Waals surface area contributed by atoms with Gasteiger partial charge in [-0.1, -0.05) is 12.2 Å². The van der Waals surface area contributed by atoms with Crippen LogP contribution in [0.4, 0.5) is 4.39 Å². The number of hydrogen-bond acceptors (Lipinski definition) is 7. The Morgan fingerprint density at radius 3 is 2.35 bits per heavy atom. The van der Waals surface area contributed by atoms with E-state index in [4.69, 9.17) is 8.62 Å². The van der Waals surface area contributed by atoms with Gasteiger partial charge in [0.15, 0.2) is 16.1 Å². The minimum absolute atomic E-state index is 0.116. The minimum atomic E-state index is -3.82. The van der Waals surface area contributed by atoms with Gasteiger partial charge in [0, 0.05) is 19.9 Å². The second-order valence-corrected chi connectivity index (χ2v) is 9.33. The van der Waals surface area contributed by atoms with E-state index >= 15 is 0 Å². The molecule has 13 heteroatoms. The van der Waals surface area contributed by atoms with Gasteiger partial charge in [-0.2, -0.15) is 4.39 Å². The van der Waals surface area contributed by atoms with Crippen molar-refractivity contribution in [3.63, 3.8) is 0 Å². The normalized spacial score (nSPS) is 17.0. The first-order valence-electron chi connectivity index (χ1n) is 6.26. The monoisotopic (exact) mass is 388 g/mol. The molecule has 2 atom stereocenters. The zero-order valence-electron chi connectivity index (χ0n) is 12.3. The van der Waals surface area contributed by atoms with Gasteiger partial charge in [-0.25, -0.2) is 4.79 Å². The Bertz CT molecular complexity index is 780. The van der Waals surface area contributed by atoms with E-state index in [1.165, 1.54) is 25.5 Å². The highest BCUT2D eigenvalue weighted by molar-refractivity contribution is 7.66. The highest BCUT2D eigenvalue weighted by Gasteiger charge is 2.26. The molecule has 130 valence electrons. The maximum atomic E-state index is 13.1. The van der Waals surface area contributed by atoms with Crippen LogP contribution in [0.15, 0.2) is 27.9 Å². The van der Waals surface area contributed by atoms with Gasteiger partial charge in [-0.05, 0) is 0 Å². The molecule has 2 unspecified atom stereocenters. The maximum absolute atomic E-state index is 13.1. The summed E-state index contributed by atoms with van der Waals surface area (Å²) in [6.45, 7) is 2.30. The molecule has 1 heterocycles. The van der Waals surface area contributed by atoms with Crippen LogP contribution in [-0.4, -0.2) is 29.0 Å². The van der Waals surface area contributed by atoms with Crippen molar-refractivity contribution >= 4 is 23.7 Å². The summed E-state index contributed by atoms with van der Waals surface area (Å²) in [5, 5.41) is 0. The first kappa shape index (κ1) is 20.0. The number of aromatic nitrogens is 2. The van der Waals surface area contributed by atoms with Crippen molar-refractivity contribution in [2.45, 2.75) is 6.54 Å². The summed E-state index contributed by atoms with van der Waals surface area (Å²) >= 11 is 0. The number of halogens is 1. The number of nitrogens with zero attached hydrogens (tertiary/aromatic N) is 1. The summed E-state index contributed by atoms with van der Waals surface area (Å²) in [5.41, 5.74) is -1.93. The summed E-state index contributed by atoms with van der Waals surface area (Å²) in [7, 11) is -8.98. The molecule has 0 aromatic carbocycles. The van der Waals surface area contributed by atoms with Gasteiger partial charge in [0.25, 0.3) is 5.56 Å². The summed E-state index contributed by atoms with van der Waals surface area (Å²) in [6, 6.07) is 0. The molecule has 0 aliphatic carbocycles. The van der Waals surface area contributed by atoms with Crippen LogP contribution >= 0.6 is 23.7 Å². The SMILES string of the molecule is C[PH](=O)OP(=O)(C/C=C/Cn1cc(F)c(=O)[nH]c1=O)O[PH](C)=O. The number of H-pyrrole nitrogens is 1. The van der Waals surface area contributed by atoms with Crippen LogP contribution in [0.5, 0.6) is 0 Å². The van der Waals surface area contributed by atoms with Crippen molar-refractivity contribution in [1.82, 2.24) is 9.55 Å². The average Bonchev–Trinajstić information content (AvgIpc) is 2.38. The van der Waals surface area contributed by atoms with Gasteiger partial charge in [-0.15, -0.1) is 0 Å². The molecule has 0 radical (unpaired) electrons. The van der Waals surface area contributed by atoms with Crippen LogP contribution in [0, 0.1) is 5.82 Å². The molecule has 0 saturated carbocycles. The van der Waals surface area contributed by atoms with E-state index in [1.807, 2.05) is 0 Å². The molecule has 0 saturated heterocycles. The molecular weight excluding hydrogens is 372 g/mol. The highest BCUT2D eigenvalue weighted by atomic mass is 31.3. The first-order chi connectivity index (χ1) is 10.6. The number of hydrogen-bond donors (Lipinski definition) is 1. The molecule has 23 heavy (non-hydrogen) atoms. The van der Waals surface area contributed by atoms with Crippen molar-refractivity contribution < 1.29 is 26.7 Å². The van der Waals surface area contributed by atoms with Crippen LogP contribution in [0.1, 0.15) is 0 Å². The Balaban J connectivity index is 2.80. The third kappa shape index (κ3) is 6.94. The molecule has 0 aliphatic heterocycles. The van der Waals surface area contributed by atoms with E-state index in [2.05, 4.69) is 0 Å². The fourth-order valence-corrected chi connectivity index (χ4v) is 6.12. The Labute approximate surface area is 131 Å². The summed E-state index contributed by atoms with van der Waals surface area (Å²) < 4.78 is 57.8. The van der Waals surface area contributed by atoms with Crippen molar-refractivity contribution in [3.05, 3.63) is 45.0 Å². The van der Waals surface area contributed by atoms with Crippen LogP contribution < -0.4 is 11.2 Å². The quantitative estimate of drug-likeness (QED) is 0.531. The molecule has 0 bridgehead atoms. The molecular formula is C10H16FN2O7P3. The first-order valence-corrected chi connectivity index (χ1v) is 11.6. The summed E-state index contributed by atoms with van der Waals surface area (Å²) in [5.74, 6) is -1.12. The lowest BCUT2D eigenvalue weighted by Crippen LogP contribution is -2.31. The number of aromatic amines is 1. The number of rotatable bonds is 8. The summed E-state index contributed by atoms with van der Waals surface area (Å²) in [4.78, 5) is 24.1. The minimum Gasteiger partial charge on any atom is -0.296 e. The highest BCUT2D eigenvalue weighted by Crippen LogP contribution is 2.59. The van der Waals surface area contributed by atoms with Gasteiger partial charge in [0.1, 0.15) is 0 Å². The maximum Gasteiger partial charge on any atom is 0.345 e. The van der Waals surface area contributed by atoms with E-state index in [9.17, 15) is 27.7 Å². The van der Waals surface area contributed by atoms with E-state index in [-0.39, 0.29) is 12.7 Å². The molecule has 1 aromatic heterocycles. The number of allylic oxidation sites excluding steroid dienone is 2. The lowest BCUT2D eigenvalue weighted by Gasteiger charge is -2.13. The second-order valence-electron chi connectivity index (χ2n) is 4.32. The topological polar surface area (TPSA) is 125 Å². The van der Waals surface area contributed by atoms with Crippen LogP contribution in [0.3, 0.4) is 0 Å². The van der Waals surface area contributed by atoms with Crippen molar-refractivity contribution in [3.8, 4) is 0 Å². The molecule has 1 aromatic rings. The summed E-state index contributed by atoms with van der Waals surface area (Å²) in [6.07, 6.45) is 3.06. The number of nitrogens with one attached hydrogen (secondary N) is 1. The van der Waals surface area contributed by atoms with Gasteiger partial charge < -0.3 is 0 Å². The Morgan fingerprint density at radius 2 is 1.83 bits per heavy atom. The third-order valence-corrected chi connectivity index (χ3v) is 7.24. The Morgan fingerprint density at radius 1 is 1.26 bits per heavy atom. The smallest absolute Gasteiger partial charge is 0.296 e. The molecule has 0 amide bonds. The van der Waals surface area contributed by atoms with Gasteiger partial charge in [0.2, 0.25) is 5.82 Å². The predicted octanol–water partition coefficient (Wildman–Crippen LogP) is 1.67. The fraction of sp³-hybridized carbons (Fsp3) is 0.400. The molecule has 1 N–H and O–H groups in total. The fourth-order valence-electron chi connectivity index (χ4n) is 1.49. The van der Waals surface area contributed by atoms with E-state index < -0.39 is 40.7 Å². The van der Waals surface area contributed by atoms with Crippen LogP contribution in [-0.2, 0) is 28.9 Å². The molecule has 1 rings (SSSR count).